The number of phenols is 2. The van der Waals surface area contributed by atoms with E-state index >= 15 is 0 Å². The predicted octanol–water partition coefficient (Wildman–Crippen LogP) is 4.40. The Labute approximate surface area is 162 Å². The van der Waals surface area contributed by atoms with E-state index in [4.69, 9.17) is 9.47 Å². The van der Waals surface area contributed by atoms with Crippen molar-refractivity contribution in [3.63, 3.8) is 0 Å². The standard InChI is InChI=1S/C23H20O5/c1-27-21-12-18(25)16(11-15-9-5-6-10-17(15)24)23-22(21)19(26)13-20(28-23)14-7-3-2-4-8-14/h2-10,12,20,24-25H,11,13H2,1H3/t20-/m0/s1. The Morgan fingerprint density at radius 1 is 1.04 bits per heavy atom. The highest BCUT2D eigenvalue weighted by Crippen LogP contribution is 2.46. The molecule has 28 heavy (non-hydrogen) atoms. The minimum absolute atomic E-state index is 0.0413. The molecule has 0 bridgehead atoms. The van der Waals surface area contributed by atoms with Crippen LogP contribution in [0, 0.1) is 0 Å². The van der Waals surface area contributed by atoms with Crippen LogP contribution in [0.3, 0.4) is 0 Å². The summed E-state index contributed by atoms with van der Waals surface area (Å²) in [5.41, 5.74) is 2.30. The molecule has 0 radical (unpaired) electrons. The first-order chi connectivity index (χ1) is 13.6. The summed E-state index contributed by atoms with van der Waals surface area (Å²) in [5.74, 6) is 0.564. The van der Waals surface area contributed by atoms with E-state index < -0.39 is 6.10 Å². The van der Waals surface area contributed by atoms with Crippen LogP contribution in [0.4, 0.5) is 0 Å². The van der Waals surface area contributed by atoms with Gasteiger partial charge in [-0.2, -0.15) is 0 Å². The Kier molecular flexibility index (Phi) is 4.65. The van der Waals surface area contributed by atoms with Crippen molar-refractivity contribution in [2.24, 2.45) is 0 Å². The predicted molar refractivity (Wildman–Crippen MR) is 104 cm³/mol. The summed E-state index contributed by atoms with van der Waals surface area (Å²) < 4.78 is 11.5. The van der Waals surface area contributed by atoms with Gasteiger partial charge in [-0.25, -0.2) is 0 Å². The van der Waals surface area contributed by atoms with Gasteiger partial charge in [-0.05, 0) is 17.2 Å². The first-order valence-electron chi connectivity index (χ1n) is 9.03. The zero-order chi connectivity index (χ0) is 19.7. The summed E-state index contributed by atoms with van der Waals surface area (Å²) in [5, 5.41) is 20.8. The van der Waals surface area contributed by atoms with Crippen molar-refractivity contribution < 1.29 is 24.5 Å². The van der Waals surface area contributed by atoms with Crippen molar-refractivity contribution in [3.05, 3.63) is 82.9 Å². The Bertz CT molecular complexity index is 1030. The highest BCUT2D eigenvalue weighted by atomic mass is 16.5. The molecule has 0 aliphatic carbocycles. The fourth-order valence-electron chi connectivity index (χ4n) is 3.55. The number of rotatable bonds is 4. The van der Waals surface area contributed by atoms with Crippen molar-refractivity contribution in [2.45, 2.75) is 18.9 Å². The van der Waals surface area contributed by atoms with Crippen LogP contribution >= 0.6 is 0 Å². The molecule has 3 aromatic rings. The Morgan fingerprint density at radius 2 is 1.75 bits per heavy atom. The van der Waals surface area contributed by atoms with Crippen LogP contribution in [0.5, 0.6) is 23.0 Å². The van der Waals surface area contributed by atoms with Crippen molar-refractivity contribution in [1.29, 1.82) is 0 Å². The van der Waals surface area contributed by atoms with Gasteiger partial charge in [0, 0.05) is 18.1 Å². The minimum atomic E-state index is -0.448. The molecule has 0 aromatic heterocycles. The number of methoxy groups -OCH3 is 1. The van der Waals surface area contributed by atoms with E-state index in [0.717, 1.165) is 5.56 Å². The molecule has 5 heteroatoms. The quantitative estimate of drug-likeness (QED) is 0.706. The van der Waals surface area contributed by atoms with Crippen molar-refractivity contribution in [3.8, 4) is 23.0 Å². The SMILES string of the molecule is COc1cc(O)c(Cc2ccccc2O)c2c1C(=O)C[C@@H](c1ccccc1)O2. The maximum atomic E-state index is 12.9. The van der Waals surface area contributed by atoms with Gasteiger partial charge in [0.2, 0.25) is 0 Å². The fourth-order valence-corrected chi connectivity index (χ4v) is 3.55. The molecule has 142 valence electrons. The smallest absolute Gasteiger partial charge is 0.174 e. The maximum Gasteiger partial charge on any atom is 0.174 e. The molecule has 0 amide bonds. The second-order valence-electron chi connectivity index (χ2n) is 6.73. The van der Waals surface area contributed by atoms with E-state index in [2.05, 4.69) is 0 Å². The molecule has 0 unspecified atom stereocenters. The molecule has 3 aromatic carbocycles. The average molecular weight is 376 g/mol. The molecule has 1 aliphatic rings. The normalized spacial score (nSPS) is 15.6. The van der Waals surface area contributed by atoms with Gasteiger partial charge in [0.15, 0.2) is 5.78 Å². The lowest BCUT2D eigenvalue weighted by molar-refractivity contribution is 0.0842. The molecule has 1 aliphatic heterocycles. The number of ketones is 1. The number of para-hydroxylation sites is 1. The lowest BCUT2D eigenvalue weighted by Crippen LogP contribution is -2.22. The molecule has 0 spiro atoms. The van der Waals surface area contributed by atoms with Crippen LogP contribution in [-0.4, -0.2) is 23.1 Å². The molecule has 2 N–H and O–H groups in total. The zero-order valence-electron chi connectivity index (χ0n) is 15.4. The number of fused-ring (bicyclic) bond motifs is 1. The van der Waals surface area contributed by atoms with Gasteiger partial charge in [0.25, 0.3) is 0 Å². The van der Waals surface area contributed by atoms with E-state index in [-0.39, 0.29) is 35.9 Å². The van der Waals surface area contributed by atoms with E-state index in [1.165, 1.54) is 13.2 Å². The third-order valence-corrected chi connectivity index (χ3v) is 4.98. The largest absolute Gasteiger partial charge is 0.508 e. The third kappa shape index (κ3) is 3.16. The van der Waals surface area contributed by atoms with Gasteiger partial charge in [0.05, 0.1) is 13.5 Å². The molecule has 4 rings (SSSR count). The van der Waals surface area contributed by atoms with Crippen molar-refractivity contribution >= 4 is 5.78 Å². The minimum Gasteiger partial charge on any atom is -0.508 e. The van der Waals surface area contributed by atoms with Gasteiger partial charge >= 0.3 is 0 Å². The highest BCUT2D eigenvalue weighted by molar-refractivity contribution is 6.03. The van der Waals surface area contributed by atoms with Crippen LogP contribution < -0.4 is 9.47 Å². The Hall–Kier alpha value is -3.47. The summed E-state index contributed by atoms with van der Waals surface area (Å²) in [7, 11) is 1.45. The summed E-state index contributed by atoms with van der Waals surface area (Å²) in [6, 6.07) is 17.8. The molecular formula is C23H20O5. The Balaban J connectivity index is 1.83. The second kappa shape index (κ2) is 7.27. The summed E-state index contributed by atoms with van der Waals surface area (Å²) >= 11 is 0. The summed E-state index contributed by atoms with van der Waals surface area (Å²) in [6.07, 6.45) is -0.0378. The topological polar surface area (TPSA) is 76.0 Å². The first-order valence-corrected chi connectivity index (χ1v) is 9.03. The molecule has 0 fully saturated rings. The number of hydrogen-bond donors (Lipinski definition) is 2. The highest BCUT2D eigenvalue weighted by Gasteiger charge is 2.34. The fraction of sp³-hybridized carbons (Fsp3) is 0.174. The number of benzene rings is 3. The number of carbonyl (C=O) groups excluding carboxylic acids is 1. The molecule has 5 nitrogen and oxygen atoms in total. The molecule has 0 saturated heterocycles. The van der Waals surface area contributed by atoms with Gasteiger partial charge in [0.1, 0.15) is 34.7 Å². The van der Waals surface area contributed by atoms with Crippen LogP contribution in [0.1, 0.15) is 39.6 Å². The molecule has 1 atom stereocenters. The van der Waals surface area contributed by atoms with Crippen LogP contribution in [0.2, 0.25) is 0 Å². The van der Waals surface area contributed by atoms with Crippen LogP contribution in [0.15, 0.2) is 60.7 Å². The second-order valence-corrected chi connectivity index (χ2v) is 6.73. The number of carbonyl (C=O) groups is 1. The van der Waals surface area contributed by atoms with Crippen LogP contribution in [-0.2, 0) is 6.42 Å². The monoisotopic (exact) mass is 376 g/mol. The van der Waals surface area contributed by atoms with E-state index in [1.807, 2.05) is 30.3 Å². The number of hydrogen-bond acceptors (Lipinski definition) is 5. The lowest BCUT2D eigenvalue weighted by Gasteiger charge is -2.29. The molecule has 0 saturated carbocycles. The van der Waals surface area contributed by atoms with E-state index in [9.17, 15) is 15.0 Å². The van der Waals surface area contributed by atoms with Gasteiger partial charge in [-0.3, -0.25) is 4.79 Å². The number of ether oxygens (including phenoxy) is 2. The molecule has 1 heterocycles. The van der Waals surface area contributed by atoms with Gasteiger partial charge in [-0.1, -0.05) is 48.5 Å². The van der Waals surface area contributed by atoms with Gasteiger partial charge < -0.3 is 19.7 Å². The average Bonchev–Trinajstić information content (AvgIpc) is 2.71. The van der Waals surface area contributed by atoms with E-state index in [0.29, 0.717) is 22.4 Å². The number of phenolic OH excluding ortho intramolecular Hbond substituents is 2. The number of Topliss-reactive ketones (excluding diaryl/α,β-unsaturated/α-hetero) is 1. The molecular weight excluding hydrogens is 356 g/mol. The summed E-state index contributed by atoms with van der Waals surface area (Å²) in [6.45, 7) is 0. The van der Waals surface area contributed by atoms with Crippen molar-refractivity contribution in [1.82, 2.24) is 0 Å². The lowest BCUT2D eigenvalue weighted by atomic mass is 9.91. The van der Waals surface area contributed by atoms with Crippen molar-refractivity contribution in [2.75, 3.05) is 7.11 Å². The van der Waals surface area contributed by atoms with Gasteiger partial charge in [-0.15, -0.1) is 0 Å². The maximum absolute atomic E-state index is 12.9. The number of aromatic hydroxyl groups is 2. The third-order valence-electron chi connectivity index (χ3n) is 4.98. The zero-order valence-corrected chi connectivity index (χ0v) is 15.4. The first kappa shape index (κ1) is 17.9. The van der Waals surface area contributed by atoms with E-state index in [1.54, 1.807) is 24.3 Å². The summed E-state index contributed by atoms with van der Waals surface area (Å²) in [4.78, 5) is 12.9. The van der Waals surface area contributed by atoms with Crippen LogP contribution in [0.25, 0.3) is 0 Å². The Morgan fingerprint density at radius 3 is 2.46 bits per heavy atom.